The second-order valence-electron chi connectivity index (χ2n) is 5.09. The van der Waals surface area contributed by atoms with E-state index in [1.165, 1.54) is 0 Å². The van der Waals surface area contributed by atoms with Gasteiger partial charge in [0.2, 0.25) is 5.91 Å². The number of rotatable bonds is 2. The third kappa shape index (κ3) is 2.99. The number of hydrogen-bond acceptors (Lipinski definition) is 2. The summed E-state index contributed by atoms with van der Waals surface area (Å²) < 4.78 is 0. The second kappa shape index (κ2) is 3.66. The van der Waals surface area contributed by atoms with Crippen LogP contribution in [0.1, 0.15) is 33.6 Å². The van der Waals surface area contributed by atoms with Crippen LogP contribution in [0.3, 0.4) is 0 Å². The lowest BCUT2D eigenvalue weighted by atomic mass is 9.96. The number of carbonyl (C=O) groups is 1. The fourth-order valence-electron chi connectivity index (χ4n) is 1.95. The molecule has 2 N–H and O–H groups in total. The standard InChI is InChI=1S/C10H20N2O/c1-10(2,3)7-12-6-4-5-8(12)9(11)13/h8H,4-7H2,1-3H3,(H2,11,13)/i9+1,11+1. The van der Waals surface area contributed by atoms with Gasteiger partial charge in [-0.1, -0.05) is 20.8 Å². The third-order valence-electron chi connectivity index (χ3n) is 2.37. The molecule has 1 unspecified atom stereocenters. The Morgan fingerprint density at radius 2 is 2.15 bits per heavy atom. The molecule has 0 radical (unpaired) electrons. The zero-order chi connectivity index (χ0) is 10.1. The highest BCUT2D eigenvalue weighted by molar-refractivity contribution is 5.80. The van der Waals surface area contributed by atoms with Crippen LogP contribution in [-0.2, 0) is 4.79 Å². The topological polar surface area (TPSA) is 46.3 Å². The Bertz CT molecular complexity index is 196. The van der Waals surface area contributed by atoms with Crippen LogP contribution in [0.25, 0.3) is 0 Å². The molecular formula is C10H20N2O. The fraction of sp³-hybridized carbons (Fsp3) is 0.900. The number of amides is 1. The highest BCUT2D eigenvalue weighted by Crippen LogP contribution is 2.23. The summed E-state index contributed by atoms with van der Waals surface area (Å²) in [5.74, 6) is -0.165. The number of nitrogens with two attached hydrogens (primary N) is 1. The molecule has 0 aromatic heterocycles. The van der Waals surface area contributed by atoms with E-state index in [0.29, 0.717) is 0 Å². The Hall–Kier alpha value is -0.570. The lowest BCUT2D eigenvalue weighted by molar-refractivity contribution is -0.122. The quantitative estimate of drug-likeness (QED) is 0.516. The van der Waals surface area contributed by atoms with Crippen molar-refractivity contribution in [3.05, 3.63) is 0 Å². The summed E-state index contributed by atoms with van der Waals surface area (Å²) in [6.07, 6.45) is 2.04. The summed E-state index contributed by atoms with van der Waals surface area (Å²) in [6.45, 7) is 8.53. The number of primary amides is 1. The first kappa shape index (κ1) is 10.5. The number of carbonyl (C=O) groups excluding carboxylic acids is 1. The van der Waals surface area contributed by atoms with Gasteiger partial charge in [0.25, 0.3) is 0 Å². The third-order valence-corrected chi connectivity index (χ3v) is 2.37. The van der Waals surface area contributed by atoms with Gasteiger partial charge in [-0.05, 0) is 24.8 Å². The minimum absolute atomic E-state index is 0.0146. The molecule has 1 atom stereocenters. The minimum atomic E-state index is -0.165. The van der Waals surface area contributed by atoms with Crippen LogP contribution >= 0.6 is 0 Å². The largest absolute Gasteiger partial charge is 0.368 e. The molecule has 13 heavy (non-hydrogen) atoms. The monoisotopic (exact) mass is 186 g/mol. The number of nitrogens with zero attached hydrogens (tertiary/aromatic N) is 1. The van der Waals surface area contributed by atoms with Gasteiger partial charge in [0.05, 0.1) is 6.04 Å². The van der Waals surface area contributed by atoms with E-state index < -0.39 is 0 Å². The van der Waals surface area contributed by atoms with Gasteiger partial charge < -0.3 is 5.73 Å². The SMILES string of the molecule is CC(C)(C)CN1CCCC1[13C]([15NH2])=O. The summed E-state index contributed by atoms with van der Waals surface area (Å²) in [4.78, 5) is 13.3. The maximum atomic E-state index is 11.1. The summed E-state index contributed by atoms with van der Waals surface area (Å²) in [5.41, 5.74) is 5.57. The molecule has 1 saturated heterocycles. The van der Waals surface area contributed by atoms with Crippen molar-refractivity contribution >= 4 is 5.91 Å². The summed E-state index contributed by atoms with van der Waals surface area (Å²) in [5, 5.41) is 0. The highest BCUT2D eigenvalue weighted by Gasteiger charge is 2.31. The normalized spacial score (nSPS) is 25.0. The van der Waals surface area contributed by atoms with E-state index in [1.807, 2.05) is 0 Å². The molecule has 0 spiro atoms. The molecule has 1 heterocycles. The Morgan fingerprint density at radius 3 is 2.62 bits per heavy atom. The summed E-state index contributed by atoms with van der Waals surface area (Å²) in [6, 6.07) is -0.0146. The summed E-state index contributed by atoms with van der Waals surface area (Å²) >= 11 is 0. The first-order valence-electron chi connectivity index (χ1n) is 4.93. The number of hydrogen-bond donors (Lipinski definition) is 1. The smallest absolute Gasteiger partial charge is 0.234 e. The van der Waals surface area contributed by atoms with Crippen LogP contribution in [-0.4, -0.2) is 29.9 Å². The predicted molar refractivity (Wildman–Crippen MR) is 53.2 cm³/mol. The lowest BCUT2D eigenvalue weighted by Gasteiger charge is -2.29. The predicted octanol–water partition coefficient (Wildman–Crippen LogP) is 0.982. The second-order valence-corrected chi connectivity index (χ2v) is 5.09. The Morgan fingerprint density at radius 1 is 1.54 bits per heavy atom. The molecule has 0 aliphatic carbocycles. The first-order chi connectivity index (χ1) is 5.90. The van der Waals surface area contributed by atoms with Gasteiger partial charge in [0, 0.05) is 6.54 Å². The van der Waals surface area contributed by atoms with Crippen molar-refractivity contribution in [1.82, 2.24) is 4.90 Å². The average Bonchev–Trinajstić information content (AvgIpc) is 2.31. The van der Waals surface area contributed by atoms with Crippen LogP contribution in [0.15, 0.2) is 0 Å². The van der Waals surface area contributed by atoms with Gasteiger partial charge in [0.1, 0.15) is 0 Å². The van der Waals surface area contributed by atoms with E-state index >= 15 is 0 Å². The molecule has 0 aromatic carbocycles. The van der Waals surface area contributed by atoms with E-state index in [9.17, 15) is 4.79 Å². The molecule has 1 aliphatic heterocycles. The molecular weight excluding hydrogens is 166 g/mol. The molecule has 76 valence electrons. The van der Waals surface area contributed by atoms with Crippen molar-refractivity contribution in [3.63, 3.8) is 0 Å². The molecule has 1 fully saturated rings. The van der Waals surface area contributed by atoms with Gasteiger partial charge in [-0.2, -0.15) is 0 Å². The first-order valence-corrected chi connectivity index (χ1v) is 4.93. The Kier molecular flexibility index (Phi) is 2.96. The maximum Gasteiger partial charge on any atom is 0.234 e. The van der Waals surface area contributed by atoms with Crippen molar-refractivity contribution < 1.29 is 4.79 Å². The van der Waals surface area contributed by atoms with Gasteiger partial charge in [-0.25, -0.2) is 0 Å². The van der Waals surface area contributed by atoms with Crippen LogP contribution in [0.4, 0.5) is 0 Å². The molecule has 3 nitrogen and oxygen atoms in total. The molecule has 3 heteroatoms. The van der Waals surface area contributed by atoms with Crippen LogP contribution < -0.4 is 5.73 Å². The maximum absolute atomic E-state index is 11.1. The van der Waals surface area contributed by atoms with Gasteiger partial charge >= 0.3 is 0 Å². The van der Waals surface area contributed by atoms with Crippen molar-refractivity contribution in [2.24, 2.45) is 11.1 Å². The van der Waals surface area contributed by atoms with Crippen molar-refractivity contribution in [2.75, 3.05) is 13.1 Å². The average molecular weight is 186 g/mol. The van der Waals surface area contributed by atoms with Gasteiger partial charge in [-0.3, -0.25) is 9.69 Å². The molecule has 1 aliphatic rings. The van der Waals surface area contributed by atoms with E-state index in [0.717, 1.165) is 25.9 Å². The van der Waals surface area contributed by atoms with Crippen LogP contribution in [0.5, 0.6) is 0 Å². The van der Waals surface area contributed by atoms with Crippen LogP contribution in [0, 0.1) is 5.41 Å². The van der Waals surface area contributed by atoms with E-state index in [1.54, 1.807) is 0 Å². The van der Waals surface area contributed by atoms with Crippen molar-refractivity contribution in [2.45, 2.75) is 39.7 Å². The van der Waals surface area contributed by atoms with Crippen molar-refractivity contribution in [1.29, 1.82) is 0 Å². The Balaban J connectivity index is 2.54. The number of likely N-dealkylation sites (tertiary alicyclic amines) is 1. The molecule has 0 aromatic rings. The van der Waals surface area contributed by atoms with Gasteiger partial charge in [-0.15, -0.1) is 0 Å². The molecule has 0 saturated carbocycles. The zero-order valence-electron chi connectivity index (χ0n) is 8.84. The molecule has 1 amide bonds. The van der Waals surface area contributed by atoms with Gasteiger partial charge in [0.15, 0.2) is 0 Å². The van der Waals surface area contributed by atoms with E-state index in [2.05, 4.69) is 25.7 Å². The molecule has 0 bridgehead atoms. The molecule has 1 rings (SSSR count). The van der Waals surface area contributed by atoms with E-state index in [-0.39, 0.29) is 17.4 Å². The lowest BCUT2D eigenvalue weighted by Crippen LogP contribution is -2.43. The minimum Gasteiger partial charge on any atom is -0.368 e. The van der Waals surface area contributed by atoms with Crippen LogP contribution in [0.2, 0.25) is 0 Å². The fourth-order valence-corrected chi connectivity index (χ4v) is 1.95. The Labute approximate surface area is 80.3 Å². The van der Waals surface area contributed by atoms with E-state index in [4.69, 9.17) is 5.73 Å². The zero-order valence-corrected chi connectivity index (χ0v) is 8.84. The van der Waals surface area contributed by atoms with Crippen molar-refractivity contribution in [3.8, 4) is 0 Å². The summed E-state index contributed by atoms with van der Waals surface area (Å²) in [7, 11) is 0. The highest BCUT2D eigenvalue weighted by atomic mass is 16.2.